The second kappa shape index (κ2) is 5.45. The highest BCUT2D eigenvalue weighted by molar-refractivity contribution is 7.09. The maximum absolute atomic E-state index is 11.8. The Morgan fingerprint density at radius 3 is 2.76 bits per heavy atom. The molecular weight excluding hydrogens is 236 g/mol. The zero-order valence-corrected chi connectivity index (χ0v) is 10.2. The van der Waals surface area contributed by atoms with Crippen molar-refractivity contribution in [2.24, 2.45) is 0 Å². The Labute approximate surface area is 103 Å². The summed E-state index contributed by atoms with van der Waals surface area (Å²) in [7, 11) is 1.59. The van der Waals surface area contributed by atoms with Crippen LogP contribution in [0.5, 0.6) is 5.75 Å². The van der Waals surface area contributed by atoms with Crippen LogP contribution < -0.4 is 10.1 Å². The molecule has 1 aromatic carbocycles. The van der Waals surface area contributed by atoms with Crippen molar-refractivity contribution in [1.29, 1.82) is 0 Å². The summed E-state index contributed by atoms with van der Waals surface area (Å²) in [5, 5.41) is 5.59. The van der Waals surface area contributed by atoms with Gasteiger partial charge in [0.1, 0.15) is 10.8 Å². The molecule has 0 aliphatic carbocycles. The maximum Gasteiger partial charge on any atom is 0.251 e. The molecule has 1 amide bonds. The number of hydrogen-bond acceptors (Lipinski definition) is 4. The summed E-state index contributed by atoms with van der Waals surface area (Å²) in [6.07, 6.45) is 1.72. The molecule has 0 saturated heterocycles. The Bertz CT molecular complexity index is 480. The van der Waals surface area contributed by atoms with Crippen LogP contribution in [0.15, 0.2) is 35.8 Å². The lowest BCUT2D eigenvalue weighted by Crippen LogP contribution is -2.22. The molecule has 1 aromatic heterocycles. The fourth-order valence-electron chi connectivity index (χ4n) is 1.34. The van der Waals surface area contributed by atoms with Gasteiger partial charge in [-0.25, -0.2) is 4.98 Å². The summed E-state index contributed by atoms with van der Waals surface area (Å²) < 4.78 is 5.03. The molecule has 0 fully saturated rings. The first-order valence-corrected chi connectivity index (χ1v) is 5.98. The fraction of sp³-hybridized carbons (Fsp3) is 0.167. The summed E-state index contributed by atoms with van der Waals surface area (Å²) in [6, 6.07) is 6.99. The van der Waals surface area contributed by atoms with Crippen molar-refractivity contribution in [2.45, 2.75) is 6.54 Å². The van der Waals surface area contributed by atoms with Crippen molar-refractivity contribution in [3.63, 3.8) is 0 Å². The van der Waals surface area contributed by atoms with Gasteiger partial charge in [0, 0.05) is 17.1 Å². The molecule has 4 nitrogen and oxygen atoms in total. The van der Waals surface area contributed by atoms with Crippen molar-refractivity contribution < 1.29 is 9.53 Å². The van der Waals surface area contributed by atoms with E-state index in [0.29, 0.717) is 12.1 Å². The number of rotatable bonds is 4. The molecule has 0 unspecified atom stereocenters. The zero-order chi connectivity index (χ0) is 12.1. The van der Waals surface area contributed by atoms with E-state index in [1.54, 1.807) is 37.6 Å². The lowest BCUT2D eigenvalue weighted by molar-refractivity contribution is 0.0951. The number of thiazole rings is 1. The van der Waals surface area contributed by atoms with Crippen LogP contribution in [-0.4, -0.2) is 18.0 Å². The molecule has 2 rings (SSSR count). The highest BCUT2D eigenvalue weighted by atomic mass is 32.1. The van der Waals surface area contributed by atoms with E-state index in [-0.39, 0.29) is 5.91 Å². The van der Waals surface area contributed by atoms with Crippen molar-refractivity contribution >= 4 is 17.2 Å². The smallest absolute Gasteiger partial charge is 0.251 e. The molecule has 1 N–H and O–H groups in total. The van der Waals surface area contributed by atoms with E-state index in [9.17, 15) is 4.79 Å². The average molecular weight is 248 g/mol. The van der Waals surface area contributed by atoms with E-state index in [4.69, 9.17) is 4.74 Å². The van der Waals surface area contributed by atoms with Gasteiger partial charge in [-0.3, -0.25) is 4.79 Å². The number of aromatic nitrogens is 1. The molecule has 0 atom stereocenters. The van der Waals surface area contributed by atoms with Crippen LogP contribution in [0.1, 0.15) is 15.4 Å². The van der Waals surface area contributed by atoms with Gasteiger partial charge >= 0.3 is 0 Å². The first kappa shape index (κ1) is 11.6. The summed E-state index contributed by atoms with van der Waals surface area (Å²) in [4.78, 5) is 15.9. The Morgan fingerprint density at radius 2 is 2.18 bits per heavy atom. The molecule has 0 spiro atoms. The van der Waals surface area contributed by atoms with Crippen LogP contribution >= 0.6 is 11.3 Å². The molecular formula is C12H12N2O2S. The molecule has 2 aromatic rings. The van der Waals surface area contributed by atoms with Crippen molar-refractivity contribution in [1.82, 2.24) is 10.3 Å². The monoisotopic (exact) mass is 248 g/mol. The van der Waals surface area contributed by atoms with Crippen molar-refractivity contribution in [3.05, 3.63) is 46.4 Å². The number of methoxy groups -OCH3 is 1. The second-order valence-corrected chi connectivity index (χ2v) is 4.32. The number of carbonyl (C=O) groups excluding carboxylic acids is 1. The highest BCUT2D eigenvalue weighted by Crippen LogP contribution is 2.11. The van der Waals surface area contributed by atoms with Gasteiger partial charge < -0.3 is 10.1 Å². The SMILES string of the molecule is COc1ccc(C(=O)NCc2nccs2)cc1. The summed E-state index contributed by atoms with van der Waals surface area (Å²) in [6.45, 7) is 0.461. The number of nitrogens with one attached hydrogen (secondary N) is 1. The molecule has 17 heavy (non-hydrogen) atoms. The number of carbonyl (C=O) groups is 1. The van der Waals surface area contributed by atoms with Gasteiger partial charge in [0.05, 0.1) is 13.7 Å². The summed E-state index contributed by atoms with van der Waals surface area (Å²) >= 11 is 1.52. The van der Waals surface area contributed by atoms with Crippen molar-refractivity contribution in [3.8, 4) is 5.75 Å². The number of ether oxygens (including phenoxy) is 1. The summed E-state index contributed by atoms with van der Waals surface area (Å²) in [5.74, 6) is 0.629. The minimum absolute atomic E-state index is 0.108. The van der Waals surface area contributed by atoms with Gasteiger partial charge in [0.2, 0.25) is 0 Å². The molecule has 0 aliphatic heterocycles. The maximum atomic E-state index is 11.8. The molecule has 0 radical (unpaired) electrons. The van der Waals surface area contributed by atoms with E-state index in [1.807, 2.05) is 5.38 Å². The van der Waals surface area contributed by atoms with E-state index in [2.05, 4.69) is 10.3 Å². The largest absolute Gasteiger partial charge is 0.497 e. The standard InChI is InChI=1S/C12H12N2O2S/c1-16-10-4-2-9(3-5-10)12(15)14-8-11-13-6-7-17-11/h2-7H,8H2,1H3,(H,14,15). The number of benzene rings is 1. The summed E-state index contributed by atoms with van der Waals surface area (Å²) in [5.41, 5.74) is 0.613. The van der Waals surface area contributed by atoms with Gasteiger partial charge in [-0.1, -0.05) is 0 Å². The molecule has 88 valence electrons. The Balaban J connectivity index is 1.95. The third-order valence-electron chi connectivity index (χ3n) is 2.24. The Hall–Kier alpha value is -1.88. The predicted octanol–water partition coefficient (Wildman–Crippen LogP) is 2.08. The molecule has 1 heterocycles. The van der Waals surface area contributed by atoms with E-state index >= 15 is 0 Å². The number of hydrogen-bond donors (Lipinski definition) is 1. The third-order valence-corrected chi connectivity index (χ3v) is 3.02. The zero-order valence-electron chi connectivity index (χ0n) is 9.34. The van der Waals surface area contributed by atoms with Crippen LogP contribution in [0, 0.1) is 0 Å². The Kier molecular flexibility index (Phi) is 3.72. The van der Waals surface area contributed by atoms with E-state index < -0.39 is 0 Å². The van der Waals surface area contributed by atoms with E-state index in [1.165, 1.54) is 11.3 Å². The van der Waals surface area contributed by atoms with Gasteiger partial charge in [-0.05, 0) is 24.3 Å². The van der Waals surface area contributed by atoms with Crippen LogP contribution in [0.3, 0.4) is 0 Å². The van der Waals surface area contributed by atoms with Crippen LogP contribution in [0.4, 0.5) is 0 Å². The van der Waals surface area contributed by atoms with Crippen molar-refractivity contribution in [2.75, 3.05) is 7.11 Å². The minimum Gasteiger partial charge on any atom is -0.497 e. The molecule has 0 saturated carbocycles. The lowest BCUT2D eigenvalue weighted by atomic mass is 10.2. The minimum atomic E-state index is -0.108. The normalized spacial score (nSPS) is 9.94. The van der Waals surface area contributed by atoms with Gasteiger partial charge in [0.15, 0.2) is 0 Å². The number of nitrogens with zero attached hydrogens (tertiary/aromatic N) is 1. The first-order chi connectivity index (χ1) is 8.29. The molecule has 0 aliphatic rings. The highest BCUT2D eigenvalue weighted by Gasteiger charge is 2.05. The fourth-order valence-corrected chi connectivity index (χ4v) is 1.90. The van der Waals surface area contributed by atoms with Gasteiger partial charge in [-0.2, -0.15) is 0 Å². The lowest BCUT2D eigenvalue weighted by Gasteiger charge is -2.04. The van der Waals surface area contributed by atoms with Crippen LogP contribution in [0.2, 0.25) is 0 Å². The molecule has 0 bridgehead atoms. The van der Waals surface area contributed by atoms with Crippen LogP contribution in [-0.2, 0) is 6.54 Å². The van der Waals surface area contributed by atoms with Crippen LogP contribution in [0.25, 0.3) is 0 Å². The quantitative estimate of drug-likeness (QED) is 0.901. The van der Waals surface area contributed by atoms with E-state index in [0.717, 1.165) is 10.8 Å². The average Bonchev–Trinajstić information content (AvgIpc) is 2.89. The second-order valence-electron chi connectivity index (χ2n) is 3.34. The predicted molar refractivity (Wildman–Crippen MR) is 66.3 cm³/mol. The first-order valence-electron chi connectivity index (χ1n) is 5.10. The molecule has 5 heteroatoms. The Morgan fingerprint density at radius 1 is 1.41 bits per heavy atom. The van der Waals surface area contributed by atoms with Gasteiger partial charge in [-0.15, -0.1) is 11.3 Å². The third kappa shape index (κ3) is 3.04. The number of amides is 1. The topological polar surface area (TPSA) is 51.2 Å². The van der Waals surface area contributed by atoms with Gasteiger partial charge in [0.25, 0.3) is 5.91 Å².